The zero-order chi connectivity index (χ0) is 17.0. The van der Waals surface area contributed by atoms with Crippen LogP contribution in [-0.2, 0) is 18.5 Å². The molecule has 0 saturated heterocycles. The van der Waals surface area contributed by atoms with Crippen molar-refractivity contribution >= 4 is 0 Å². The van der Waals surface area contributed by atoms with Crippen LogP contribution in [0.2, 0.25) is 0 Å². The van der Waals surface area contributed by atoms with Crippen LogP contribution in [-0.4, -0.2) is 26.0 Å². The van der Waals surface area contributed by atoms with Crippen LogP contribution in [0.1, 0.15) is 37.5 Å². The first kappa shape index (κ1) is 17.7. The molecule has 2 nitrogen and oxygen atoms in total. The van der Waals surface area contributed by atoms with Crippen LogP contribution in [0.5, 0.6) is 0 Å². The molecule has 0 aliphatic heterocycles. The summed E-state index contributed by atoms with van der Waals surface area (Å²) in [6.07, 6.45) is 0. The molecule has 0 bridgehead atoms. The summed E-state index contributed by atoms with van der Waals surface area (Å²) in [6.45, 7) is 8.63. The van der Waals surface area contributed by atoms with Crippen molar-refractivity contribution in [2.45, 2.75) is 39.3 Å². The Labute approximate surface area is 141 Å². The molecule has 23 heavy (non-hydrogen) atoms. The second kappa shape index (κ2) is 7.29. The molecule has 0 unspecified atom stereocenters. The average Bonchev–Trinajstić information content (AvgIpc) is 2.48. The van der Waals surface area contributed by atoms with E-state index in [4.69, 9.17) is 0 Å². The van der Waals surface area contributed by atoms with Gasteiger partial charge in [-0.2, -0.15) is 0 Å². The molecule has 0 aromatic heterocycles. The fourth-order valence-corrected chi connectivity index (χ4v) is 2.82. The zero-order valence-corrected chi connectivity index (χ0v) is 15.4. The second-order valence-electron chi connectivity index (χ2n) is 7.58. The third-order valence-corrected chi connectivity index (χ3v) is 4.14. The number of hydrogen-bond donors (Lipinski definition) is 1. The molecule has 0 amide bonds. The van der Waals surface area contributed by atoms with Gasteiger partial charge in [0.2, 0.25) is 0 Å². The molecular weight excluding hydrogens is 280 g/mol. The van der Waals surface area contributed by atoms with Gasteiger partial charge in [-0.3, -0.25) is 0 Å². The molecule has 2 rings (SSSR count). The Bertz CT molecular complexity index is 634. The summed E-state index contributed by atoms with van der Waals surface area (Å²) < 4.78 is 0. The van der Waals surface area contributed by atoms with E-state index >= 15 is 0 Å². The zero-order valence-electron chi connectivity index (χ0n) is 15.4. The maximum absolute atomic E-state index is 3.29. The van der Waals surface area contributed by atoms with Gasteiger partial charge < -0.3 is 10.2 Å². The molecule has 2 heteroatoms. The predicted molar refractivity (Wildman–Crippen MR) is 101 cm³/mol. The molecule has 0 aliphatic rings. The van der Waals surface area contributed by atoms with Gasteiger partial charge >= 0.3 is 0 Å². The van der Waals surface area contributed by atoms with E-state index in [0.717, 1.165) is 13.1 Å². The molecule has 0 spiro atoms. The topological polar surface area (TPSA) is 15.3 Å². The quantitative estimate of drug-likeness (QED) is 0.879. The summed E-state index contributed by atoms with van der Waals surface area (Å²) >= 11 is 0. The fourth-order valence-electron chi connectivity index (χ4n) is 2.82. The van der Waals surface area contributed by atoms with Crippen LogP contribution in [0.15, 0.2) is 42.5 Å². The molecule has 124 valence electrons. The van der Waals surface area contributed by atoms with Crippen LogP contribution < -0.4 is 5.32 Å². The molecule has 0 fully saturated rings. The van der Waals surface area contributed by atoms with E-state index in [-0.39, 0.29) is 5.41 Å². The first-order valence-corrected chi connectivity index (χ1v) is 8.33. The first-order valence-electron chi connectivity index (χ1n) is 8.33. The summed E-state index contributed by atoms with van der Waals surface area (Å²) in [5.74, 6) is 0. The molecule has 0 saturated carbocycles. The van der Waals surface area contributed by atoms with E-state index in [1.807, 2.05) is 7.05 Å². The van der Waals surface area contributed by atoms with Crippen LogP contribution in [0, 0.1) is 0 Å². The molecule has 0 aliphatic carbocycles. The van der Waals surface area contributed by atoms with E-state index in [1.165, 1.54) is 27.8 Å². The standard InChI is InChI=1S/C21H30N2/c1-21(2,3)20-11-9-16(10-12-20)17-7-8-18(15-23(5)6)19(13-17)14-22-4/h7-13,22H,14-15H2,1-6H3. The van der Waals surface area contributed by atoms with Crippen molar-refractivity contribution in [2.24, 2.45) is 0 Å². The largest absolute Gasteiger partial charge is 0.316 e. The smallest absolute Gasteiger partial charge is 0.0230 e. The third-order valence-electron chi connectivity index (χ3n) is 4.14. The summed E-state index contributed by atoms with van der Waals surface area (Å²) in [5, 5.41) is 3.29. The van der Waals surface area contributed by atoms with Gasteiger partial charge in [0.15, 0.2) is 0 Å². The van der Waals surface area contributed by atoms with E-state index in [0.29, 0.717) is 0 Å². The van der Waals surface area contributed by atoms with Crippen LogP contribution >= 0.6 is 0 Å². The van der Waals surface area contributed by atoms with Crippen molar-refractivity contribution in [3.8, 4) is 11.1 Å². The van der Waals surface area contributed by atoms with Crippen LogP contribution in [0.4, 0.5) is 0 Å². The predicted octanol–water partition coefficient (Wildman–Crippen LogP) is 4.43. The van der Waals surface area contributed by atoms with Gasteiger partial charge in [0.1, 0.15) is 0 Å². The normalized spacial score (nSPS) is 12.0. The van der Waals surface area contributed by atoms with Gasteiger partial charge in [-0.1, -0.05) is 57.2 Å². The Morgan fingerprint density at radius 1 is 0.870 bits per heavy atom. The fraction of sp³-hybridized carbons (Fsp3) is 0.429. The molecule has 0 radical (unpaired) electrons. The Morgan fingerprint density at radius 2 is 1.48 bits per heavy atom. The SMILES string of the molecule is CNCc1cc(-c2ccc(C(C)(C)C)cc2)ccc1CN(C)C. The Hall–Kier alpha value is -1.64. The van der Waals surface area contributed by atoms with Crippen molar-refractivity contribution in [1.29, 1.82) is 0 Å². The number of rotatable bonds is 5. The highest BCUT2D eigenvalue weighted by Gasteiger charge is 2.13. The minimum absolute atomic E-state index is 0.200. The number of nitrogens with one attached hydrogen (secondary N) is 1. The molecule has 0 heterocycles. The van der Waals surface area contributed by atoms with Crippen LogP contribution in [0.3, 0.4) is 0 Å². The van der Waals surface area contributed by atoms with Gasteiger partial charge in [0.05, 0.1) is 0 Å². The average molecular weight is 310 g/mol. The Kier molecular flexibility index (Phi) is 5.61. The van der Waals surface area contributed by atoms with E-state index in [9.17, 15) is 0 Å². The Morgan fingerprint density at radius 3 is 2.00 bits per heavy atom. The molecule has 2 aromatic carbocycles. The second-order valence-corrected chi connectivity index (χ2v) is 7.58. The highest BCUT2D eigenvalue weighted by atomic mass is 15.0. The summed E-state index contributed by atoms with van der Waals surface area (Å²) in [7, 11) is 6.23. The number of hydrogen-bond acceptors (Lipinski definition) is 2. The van der Waals surface area contributed by atoms with Crippen molar-refractivity contribution < 1.29 is 0 Å². The van der Waals surface area contributed by atoms with Crippen LogP contribution in [0.25, 0.3) is 11.1 Å². The van der Waals surface area contributed by atoms with E-state index < -0.39 is 0 Å². The highest BCUT2D eigenvalue weighted by Crippen LogP contribution is 2.27. The van der Waals surface area contributed by atoms with Crippen molar-refractivity contribution in [2.75, 3.05) is 21.1 Å². The van der Waals surface area contributed by atoms with Crippen molar-refractivity contribution in [3.05, 3.63) is 59.2 Å². The lowest BCUT2D eigenvalue weighted by Crippen LogP contribution is -2.15. The minimum Gasteiger partial charge on any atom is -0.316 e. The molecular formula is C21H30N2. The molecule has 1 N–H and O–H groups in total. The Balaban J connectivity index is 2.34. The van der Waals surface area contributed by atoms with E-state index in [1.54, 1.807) is 0 Å². The summed E-state index contributed by atoms with van der Waals surface area (Å²) in [5.41, 5.74) is 6.91. The summed E-state index contributed by atoms with van der Waals surface area (Å²) in [4.78, 5) is 2.21. The lowest BCUT2D eigenvalue weighted by Gasteiger charge is -2.19. The summed E-state index contributed by atoms with van der Waals surface area (Å²) in [6, 6.07) is 15.8. The maximum Gasteiger partial charge on any atom is 0.0230 e. The van der Waals surface area contributed by atoms with Gasteiger partial charge in [-0.25, -0.2) is 0 Å². The van der Waals surface area contributed by atoms with Gasteiger partial charge in [0, 0.05) is 13.1 Å². The minimum atomic E-state index is 0.200. The van der Waals surface area contributed by atoms with Gasteiger partial charge in [-0.15, -0.1) is 0 Å². The monoisotopic (exact) mass is 310 g/mol. The van der Waals surface area contributed by atoms with Gasteiger partial charge in [0.25, 0.3) is 0 Å². The molecule has 0 atom stereocenters. The lowest BCUT2D eigenvalue weighted by atomic mass is 9.86. The first-order chi connectivity index (χ1) is 10.8. The molecule has 2 aromatic rings. The number of nitrogens with zero attached hydrogens (tertiary/aromatic N) is 1. The van der Waals surface area contributed by atoms with E-state index in [2.05, 4.69) is 87.5 Å². The highest BCUT2D eigenvalue weighted by molar-refractivity contribution is 5.65. The van der Waals surface area contributed by atoms with Crippen molar-refractivity contribution in [1.82, 2.24) is 10.2 Å². The lowest BCUT2D eigenvalue weighted by molar-refractivity contribution is 0.400. The number of benzene rings is 2. The third kappa shape index (κ3) is 4.66. The van der Waals surface area contributed by atoms with Crippen molar-refractivity contribution in [3.63, 3.8) is 0 Å². The van der Waals surface area contributed by atoms with Gasteiger partial charge in [-0.05, 0) is 60.4 Å². The maximum atomic E-state index is 3.29.